The number of hydrogen-bond acceptors (Lipinski definition) is 14. The van der Waals surface area contributed by atoms with E-state index in [4.69, 9.17) is 4.74 Å². The van der Waals surface area contributed by atoms with Crippen molar-refractivity contribution < 1.29 is 47.6 Å². The number of rotatable bonds is 9. The molecule has 0 amide bonds. The summed E-state index contributed by atoms with van der Waals surface area (Å²) < 4.78 is 36.4. The number of benzene rings is 1. The van der Waals surface area contributed by atoms with Crippen molar-refractivity contribution in [1.29, 1.82) is 0 Å². The molecular formula is C17H18N5O10P2-3. The van der Waals surface area contributed by atoms with Crippen LogP contribution in [-0.2, 0) is 29.2 Å². The van der Waals surface area contributed by atoms with E-state index in [2.05, 4.69) is 29.1 Å². The molecule has 1 fully saturated rings. The Morgan fingerprint density at radius 3 is 2.53 bits per heavy atom. The molecule has 1 saturated heterocycles. The molecule has 3 aromatic rings. The van der Waals surface area contributed by atoms with Gasteiger partial charge in [-0.3, -0.25) is 13.4 Å². The summed E-state index contributed by atoms with van der Waals surface area (Å²) in [7, 11) is -11.4. The number of imidazole rings is 1. The summed E-state index contributed by atoms with van der Waals surface area (Å²) in [6.07, 6.45) is -3.29. The molecule has 3 heterocycles. The van der Waals surface area contributed by atoms with Crippen LogP contribution in [0.5, 0.6) is 0 Å². The number of phosphoric ester groups is 1. The zero-order valence-corrected chi connectivity index (χ0v) is 18.9. The van der Waals surface area contributed by atoms with Gasteiger partial charge in [-0.15, -0.1) is 0 Å². The average Bonchev–Trinajstić information content (AvgIpc) is 3.32. The van der Waals surface area contributed by atoms with Gasteiger partial charge in [-0.05, 0) is 5.56 Å². The number of aliphatic hydroxyl groups excluding tert-OH is 2. The number of aromatic nitrogens is 4. The van der Waals surface area contributed by atoms with Gasteiger partial charge in [-0.1, -0.05) is 30.3 Å². The van der Waals surface area contributed by atoms with Gasteiger partial charge < -0.3 is 44.0 Å². The van der Waals surface area contributed by atoms with Crippen LogP contribution in [0.25, 0.3) is 11.2 Å². The van der Waals surface area contributed by atoms with Crippen LogP contribution in [0, 0.1) is 0 Å². The SMILES string of the molecule is O=P([O-])([O-])OP(=O)([O-])OC[C@H]1O[C@@H](n2cnc3c(NCc4ccccc4)ncnc32)C(O)[C@H]1O. The smallest absolute Gasteiger partial charge is 0.271 e. The summed E-state index contributed by atoms with van der Waals surface area (Å²) in [6.45, 7) is -0.474. The first-order valence-corrected chi connectivity index (χ1v) is 12.6. The highest BCUT2D eigenvalue weighted by Crippen LogP contribution is 2.50. The van der Waals surface area contributed by atoms with Crippen LogP contribution in [0.15, 0.2) is 43.0 Å². The number of hydrogen-bond donors (Lipinski definition) is 3. The van der Waals surface area contributed by atoms with E-state index >= 15 is 0 Å². The number of phosphoric acid groups is 2. The molecule has 17 heteroatoms. The highest BCUT2D eigenvalue weighted by Gasteiger charge is 2.45. The van der Waals surface area contributed by atoms with Crippen LogP contribution in [0.2, 0.25) is 0 Å². The Labute approximate surface area is 191 Å². The van der Waals surface area contributed by atoms with Crippen molar-refractivity contribution in [1.82, 2.24) is 19.5 Å². The van der Waals surface area contributed by atoms with Crippen molar-refractivity contribution in [3.05, 3.63) is 48.5 Å². The van der Waals surface area contributed by atoms with Crippen LogP contribution in [0.3, 0.4) is 0 Å². The maximum atomic E-state index is 11.4. The Balaban J connectivity index is 1.48. The van der Waals surface area contributed by atoms with Crippen LogP contribution in [-0.4, -0.2) is 54.7 Å². The van der Waals surface area contributed by atoms with Crippen LogP contribution < -0.4 is 20.0 Å². The summed E-state index contributed by atoms with van der Waals surface area (Å²) in [5.74, 6) is 0.407. The van der Waals surface area contributed by atoms with E-state index in [1.807, 2.05) is 30.3 Å². The van der Waals surface area contributed by atoms with E-state index in [0.29, 0.717) is 17.9 Å². The Morgan fingerprint density at radius 2 is 1.82 bits per heavy atom. The molecule has 0 saturated carbocycles. The molecule has 0 bridgehead atoms. The minimum Gasteiger partial charge on any atom is -0.790 e. The number of nitrogens with zero attached hydrogens (tertiary/aromatic N) is 4. The largest absolute Gasteiger partial charge is 0.790 e. The van der Waals surface area contributed by atoms with Crippen molar-refractivity contribution in [3.8, 4) is 0 Å². The Hall–Kier alpha value is -2.29. The van der Waals surface area contributed by atoms with Gasteiger partial charge in [0, 0.05) is 6.54 Å². The normalized spacial score (nSPS) is 24.9. The molecule has 184 valence electrons. The highest BCUT2D eigenvalue weighted by molar-refractivity contribution is 7.58. The molecule has 1 aromatic carbocycles. The van der Waals surface area contributed by atoms with Gasteiger partial charge in [0.25, 0.3) is 7.82 Å². The zero-order valence-electron chi connectivity index (χ0n) is 17.1. The predicted octanol–water partition coefficient (Wildman–Crippen LogP) is -1.61. The lowest BCUT2D eigenvalue weighted by Gasteiger charge is -2.35. The molecule has 34 heavy (non-hydrogen) atoms. The fourth-order valence-corrected chi connectivity index (χ4v) is 4.85. The maximum absolute atomic E-state index is 11.4. The fourth-order valence-electron chi connectivity index (χ4n) is 3.36. The number of nitrogens with one attached hydrogen (secondary N) is 1. The first-order chi connectivity index (χ1) is 16.0. The third kappa shape index (κ3) is 5.67. The number of ether oxygens (including phenoxy) is 1. The summed E-state index contributed by atoms with van der Waals surface area (Å²) in [4.78, 5) is 45.0. The Kier molecular flexibility index (Phi) is 7.12. The minimum atomic E-state index is -5.87. The second-order valence-electron chi connectivity index (χ2n) is 7.20. The minimum absolute atomic E-state index is 0.250. The number of anilines is 1. The molecule has 0 radical (unpaired) electrons. The standard InChI is InChI=1S/C17H21N5O10P2/c23-13-11(7-30-34(28,29)32-33(25,26)27)31-17(14(13)24)22-9-21-12-15(19-8-20-16(12)22)18-6-10-4-2-1-3-5-10/h1-5,8-9,11,13-14,17,23-24H,6-7H2,(H,28,29)(H,18,19,20)(H2,25,26,27)/p-3/t11-,13+,14?,17-/m1/s1. The van der Waals surface area contributed by atoms with E-state index in [1.165, 1.54) is 17.2 Å². The van der Waals surface area contributed by atoms with Gasteiger partial charge in [0.05, 0.1) is 20.8 Å². The highest BCUT2D eigenvalue weighted by atomic mass is 31.3. The number of fused-ring (bicyclic) bond motifs is 1. The van der Waals surface area contributed by atoms with Crippen molar-refractivity contribution in [2.75, 3.05) is 11.9 Å². The predicted molar refractivity (Wildman–Crippen MR) is 107 cm³/mol. The molecule has 1 aliphatic heterocycles. The third-order valence-corrected chi connectivity index (χ3v) is 6.94. The van der Waals surface area contributed by atoms with Gasteiger partial charge in [-0.2, -0.15) is 0 Å². The van der Waals surface area contributed by atoms with Crippen LogP contribution in [0.1, 0.15) is 11.8 Å². The Morgan fingerprint density at radius 1 is 1.09 bits per heavy atom. The van der Waals surface area contributed by atoms with E-state index in [1.54, 1.807) is 0 Å². The molecular weight excluding hydrogens is 496 g/mol. The third-order valence-electron chi connectivity index (χ3n) is 4.87. The summed E-state index contributed by atoms with van der Waals surface area (Å²) in [6, 6.07) is 9.53. The summed E-state index contributed by atoms with van der Waals surface area (Å²) in [5.41, 5.74) is 1.60. The average molecular weight is 514 g/mol. The van der Waals surface area contributed by atoms with Gasteiger partial charge in [-0.25, -0.2) is 15.0 Å². The van der Waals surface area contributed by atoms with Crippen molar-refractivity contribution in [2.24, 2.45) is 0 Å². The lowest BCUT2D eigenvalue weighted by atomic mass is 10.1. The molecule has 1 aliphatic rings. The number of aliphatic hydroxyl groups is 2. The second-order valence-corrected chi connectivity index (χ2v) is 9.90. The first-order valence-electron chi connectivity index (χ1n) is 9.70. The second kappa shape index (κ2) is 9.76. The molecule has 0 aliphatic carbocycles. The summed E-state index contributed by atoms with van der Waals surface area (Å²) in [5, 5.41) is 23.8. The quantitative estimate of drug-likeness (QED) is 0.273. The topological polar surface area (TPSA) is 227 Å². The molecule has 2 unspecified atom stereocenters. The monoisotopic (exact) mass is 514 g/mol. The fraction of sp³-hybridized carbons (Fsp3) is 0.353. The lowest BCUT2D eigenvalue weighted by molar-refractivity contribution is -0.339. The molecule has 5 atom stereocenters. The molecule has 2 aromatic heterocycles. The molecule has 3 N–H and O–H groups in total. The molecule has 4 rings (SSSR count). The van der Waals surface area contributed by atoms with E-state index in [-0.39, 0.29) is 5.65 Å². The molecule has 0 spiro atoms. The first kappa shape index (κ1) is 24.8. The van der Waals surface area contributed by atoms with Gasteiger partial charge in [0.1, 0.15) is 24.6 Å². The van der Waals surface area contributed by atoms with Crippen molar-refractivity contribution in [3.63, 3.8) is 0 Å². The van der Waals surface area contributed by atoms with E-state index in [9.17, 15) is 34.0 Å². The summed E-state index contributed by atoms with van der Waals surface area (Å²) >= 11 is 0. The van der Waals surface area contributed by atoms with Crippen LogP contribution in [0.4, 0.5) is 5.82 Å². The zero-order chi connectivity index (χ0) is 24.5. The molecule has 15 nitrogen and oxygen atoms in total. The van der Waals surface area contributed by atoms with E-state index in [0.717, 1.165) is 5.56 Å². The van der Waals surface area contributed by atoms with Crippen LogP contribution >= 0.6 is 15.6 Å². The van der Waals surface area contributed by atoms with Gasteiger partial charge >= 0.3 is 0 Å². The maximum Gasteiger partial charge on any atom is 0.271 e. The van der Waals surface area contributed by atoms with Crippen molar-refractivity contribution >= 4 is 32.6 Å². The lowest BCUT2D eigenvalue weighted by Crippen LogP contribution is -2.34. The van der Waals surface area contributed by atoms with Crippen molar-refractivity contribution in [2.45, 2.75) is 31.1 Å². The van der Waals surface area contributed by atoms with Gasteiger partial charge in [0.15, 0.2) is 23.2 Å². The Bertz CT molecular complexity index is 1240. The van der Waals surface area contributed by atoms with E-state index < -0.39 is 46.8 Å². The van der Waals surface area contributed by atoms with Gasteiger partial charge in [0.2, 0.25) is 0 Å².